The molecule has 1 saturated heterocycles. The van der Waals surface area contributed by atoms with Gasteiger partial charge in [-0.3, -0.25) is 14.0 Å². The molecule has 1 fully saturated rings. The molecule has 0 aromatic carbocycles. The summed E-state index contributed by atoms with van der Waals surface area (Å²) in [4.78, 5) is 38.8. The third-order valence-corrected chi connectivity index (χ3v) is 6.01. The third-order valence-electron chi connectivity index (χ3n) is 3.64. The summed E-state index contributed by atoms with van der Waals surface area (Å²) in [6.45, 7) is 2.75. The molecule has 1 rings (SSSR count). The summed E-state index contributed by atoms with van der Waals surface area (Å²) in [5.41, 5.74) is 4.59. The minimum atomic E-state index is -4.36. The molecule has 0 aromatic rings. The summed E-state index contributed by atoms with van der Waals surface area (Å²) >= 11 is 0. The Labute approximate surface area is 124 Å². The average Bonchev–Trinajstić information content (AvgIpc) is 2.33. The lowest BCUT2D eigenvalue weighted by molar-refractivity contribution is 0.148. The fourth-order valence-electron chi connectivity index (χ4n) is 2.68. The van der Waals surface area contributed by atoms with Gasteiger partial charge >= 0.3 is 15.2 Å². The summed E-state index contributed by atoms with van der Waals surface area (Å²) in [6, 6.07) is -0.375. The zero-order valence-corrected chi connectivity index (χ0v) is 13.6. The highest BCUT2D eigenvalue weighted by Gasteiger charge is 2.39. The van der Waals surface area contributed by atoms with E-state index in [2.05, 4.69) is 5.32 Å². The minimum Gasteiger partial charge on any atom is -0.329 e. The van der Waals surface area contributed by atoms with Gasteiger partial charge < -0.3 is 30.6 Å². The highest BCUT2D eigenvalue weighted by molar-refractivity contribution is 7.52. The van der Waals surface area contributed by atoms with E-state index < -0.39 is 20.9 Å². The summed E-state index contributed by atoms with van der Waals surface area (Å²) in [5.74, 6) is 0. The van der Waals surface area contributed by atoms with Gasteiger partial charge in [0.05, 0.1) is 5.66 Å². The molecule has 0 aromatic heterocycles. The maximum atomic E-state index is 11.8. The van der Waals surface area contributed by atoms with Crippen molar-refractivity contribution < 1.29 is 28.7 Å². The molecule has 2 atom stereocenters. The van der Waals surface area contributed by atoms with Crippen molar-refractivity contribution in [2.45, 2.75) is 24.5 Å². The first kappa shape index (κ1) is 19.2. The van der Waals surface area contributed by atoms with Crippen LogP contribution in [0.2, 0.25) is 0 Å². The molecule has 0 bridgehead atoms. The molecule has 0 spiro atoms. The predicted octanol–water partition coefficient (Wildman–Crippen LogP) is -1.28. The normalized spacial score (nSPS) is 23.2. The highest BCUT2D eigenvalue weighted by Crippen LogP contribution is 2.47. The Morgan fingerprint density at radius 3 is 2.48 bits per heavy atom. The van der Waals surface area contributed by atoms with Gasteiger partial charge in [0.15, 0.2) is 0 Å². The SMILES string of the molecule is NCCN1CCNCC1C(CCCP(=O)(O)O)P(=O)(O)O. The van der Waals surface area contributed by atoms with E-state index in [-0.39, 0.29) is 25.0 Å². The molecule has 126 valence electrons. The molecule has 2 unspecified atom stereocenters. The number of hydrogen-bond acceptors (Lipinski definition) is 5. The van der Waals surface area contributed by atoms with Gasteiger partial charge in [-0.15, -0.1) is 0 Å². The van der Waals surface area contributed by atoms with Crippen LogP contribution in [-0.2, 0) is 9.13 Å². The quantitative estimate of drug-likeness (QED) is 0.295. The Morgan fingerprint density at radius 2 is 1.95 bits per heavy atom. The van der Waals surface area contributed by atoms with E-state index in [1.807, 2.05) is 4.90 Å². The largest absolute Gasteiger partial charge is 0.330 e. The van der Waals surface area contributed by atoms with Crippen molar-refractivity contribution in [2.75, 3.05) is 38.9 Å². The first-order valence-electron chi connectivity index (χ1n) is 6.90. The summed E-state index contributed by atoms with van der Waals surface area (Å²) in [5, 5.41) is 3.10. The fourth-order valence-corrected chi connectivity index (χ4v) is 4.54. The van der Waals surface area contributed by atoms with E-state index in [4.69, 9.17) is 15.5 Å². The zero-order chi connectivity index (χ0) is 16.1. The van der Waals surface area contributed by atoms with Crippen LogP contribution in [0.25, 0.3) is 0 Å². The molecule has 0 saturated carbocycles. The van der Waals surface area contributed by atoms with Crippen LogP contribution in [0.4, 0.5) is 0 Å². The lowest BCUT2D eigenvalue weighted by Crippen LogP contribution is -2.57. The number of rotatable bonds is 8. The van der Waals surface area contributed by atoms with E-state index in [9.17, 15) is 18.9 Å². The molecule has 1 aliphatic heterocycles. The first-order chi connectivity index (χ1) is 9.65. The standard InChI is InChI=1S/C10H25N3O6P2/c11-3-5-13-6-4-12-8-9(13)10(21(17,18)19)2-1-7-20(14,15)16/h9-10,12H,1-8,11H2,(H2,14,15,16)(H2,17,18,19). The molecule has 0 radical (unpaired) electrons. The van der Waals surface area contributed by atoms with Crippen molar-refractivity contribution in [1.29, 1.82) is 0 Å². The van der Waals surface area contributed by atoms with Gasteiger partial charge in [-0.25, -0.2) is 0 Å². The smallest absolute Gasteiger partial charge is 0.329 e. The van der Waals surface area contributed by atoms with Crippen molar-refractivity contribution in [3.8, 4) is 0 Å². The topological polar surface area (TPSA) is 156 Å². The molecule has 21 heavy (non-hydrogen) atoms. The second kappa shape index (κ2) is 8.15. The zero-order valence-electron chi connectivity index (χ0n) is 11.8. The molecule has 9 nitrogen and oxygen atoms in total. The third kappa shape index (κ3) is 6.86. The van der Waals surface area contributed by atoms with Gasteiger partial charge in [-0.1, -0.05) is 0 Å². The van der Waals surface area contributed by atoms with Gasteiger partial charge in [0.1, 0.15) is 0 Å². The predicted molar refractivity (Wildman–Crippen MR) is 79.3 cm³/mol. The van der Waals surface area contributed by atoms with Crippen molar-refractivity contribution >= 4 is 15.2 Å². The Hall–Kier alpha value is 0.180. The Bertz CT molecular complexity index is 410. The lowest BCUT2D eigenvalue weighted by Gasteiger charge is -2.40. The highest BCUT2D eigenvalue weighted by atomic mass is 31.2. The van der Waals surface area contributed by atoms with E-state index in [1.165, 1.54) is 0 Å². The van der Waals surface area contributed by atoms with Crippen LogP contribution in [0.5, 0.6) is 0 Å². The molecule has 1 heterocycles. The monoisotopic (exact) mass is 345 g/mol. The molecule has 11 heteroatoms. The Kier molecular flexibility index (Phi) is 7.46. The van der Waals surface area contributed by atoms with Crippen molar-refractivity contribution in [2.24, 2.45) is 5.73 Å². The van der Waals surface area contributed by atoms with Crippen molar-refractivity contribution in [3.63, 3.8) is 0 Å². The number of piperazine rings is 1. The van der Waals surface area contributed by atoms with Gasteiger partial charge in [-0.05, 0) is 12.8 Å². The van der Waals surface area contributed by atoms with Crippen LogP contribution < -0.4 is 11.1 Å². The number of nitrogens with one attached hydrogen (secondary N) is 1. The van der Waals surface area contributed by atoms with Crippen LogP contribution in [0, 0.1) is 0 Å². The summed E-state index contributed by atoms with van der Waals surface area (Å²) < 4.78 is 22.6. The molecular formula is C10H25N3O6P2. The van der Waals surface area contributed by atoms with Crippen LogP contribution in [0.15, 0.2) is 0 Å². The number of nitrogens with zero attached hydrogens (tertiary/aromatic N) is 1. The van der Waals surface area contributed by atoms with Crippen LogP contribution in [0.3, 0.4) is 0 Å². The number of hydrogen-bond donors (Lipinski definition) is 6. The minimum absolute atomic E-state index is 0.0722. The van der Waals surface area contributed by atoms with Crippen LogP contribution >= 0.6 is 15.2 Å². The van der Waals surface area contributed by atoms with Crippen LogP contribution in [0.1, 0.15) is 12.8 Å². The summed E-state index contributed by atoms with van der Waals surface area (Å²) in [7, 11) is -8.51. The van der Waals surface area contributed by atoms with Crippen molar-refractivity contribution in [3.05, 3.63) is 0 Å². The van der Waals surface area contributed by atoms with Gasteiger partial charge in [0.25, 0.3) is 0 Å². The van der Waals surface area contributed by atoms with E-state index in [0.717, 1.165) is 6.54 Å². The van der Waals surface area contributed by atoms with E-state index >= 15 is 0 Å². The maximum Gasteiger partial charge on any atom is 0.330 e. The second-order valence-electron chi connectivity index (χ2n) is 5.28. The molecule has 7 N–H and O–H groups in total. The van der Waals surface area contributed by atoms with Crippen LogP contribution in [-0.4, -0.2) is 75.1 Å². The molecule has 0 aliphatic carbocycles. The Balaban J connectivity index is 2.75. The molecule has 0 amide bonds. The molecule has 1 aliphatic rings. The second-order valence-corrected chi connectivity index (χ2v) is 8.90. The van der Waals surface area contributed by atoms with E-state index in [0.29, 0.717) is 26.2 Å². The lowest BCUT2D eigenvalue weighted by atomic mass is 10.1. The Morgan fingerprint density at radius 1 is 1.29 bits per heavy atom. The van der Waals surface area contributed by atoms with Gasteiger partial charge in [0.2, 0.25) is 0 Å². The van der Waals surface area contributed by atoms with E-state index in [1.54, 1.807) is 0 Å². The average molecular weight is 345 g/mol. The number of nitrogens with two attached hydrogens (primary N) is 1. The van der Waals surface area contributed by atoms with Crippen molar-refractivity contribution in [1.82, 2.24) is 10.2 Å². The fraction of sp³-hybridized carbons (Fsp3) is 1.00. The first-order valence-corrected chi connectivity index (χ1v) is 10.4. The van der Waals surface area contributed by atoms with Gasteiger partial charge in [0, 0.05) is 44.9 Å². The maximum absolute atomic E-state index is 11.8. The molecular weight excluding hydrogens is 320 g/mol. The summed E-state index contributed by atoms with van der Waals surface area (Å²) in [6.07, 6.45) is -0.212. The van der Waals surface area contributed by atoms with Gasteiger partial charge in [-0.2, -0.15) is 0 Å².